The molecule has 0 fully saturated rings. The van der Waals surface area contributed by atoms with E-state index in [2.05, 4.69) is 4.98 Å². The van der Waals surface area contributed by atoms with Crippen molar-refractivity contribution in [1.82, 2.24) is 4.98 Å². The van der Waals surface area contributed by atoms with Crippen LogP contribution in [0.3, 0.4) is 0 Å². The SMILES string of the molecule is OC(Cc1nc2ccccc2s1)c1c(F)cc(F)cc1F. The molecule has 2 nitrogen and oxygen atoms in total. The Balaban J connectivity index is 1.91. The molecule has 0 amide bonds. The largest absolute Gasteiger partial charge is 0.388 e. The molecule has 0 radical (unpaired) electrons. The van der Waals surface area contributed by atoms with Gasteiger partial charge in [0.15, 0.2) is 0 Å². The molecular formula is C15H10F3NOS. The Labute approximate surface area is 122 Å². The van der Waals surface area contributed by atoms with Gasteiger partial charge >= 0.3 is 0 Å². The molecule has 108 valence electrons. The smallest absolute Gasteiger partial charge is 0.134 e. The first-order valence-corrected chi connectivity index (χ1v) is 7.03. The van der Waals surface area contributed by atoms with Crippen LogP contribution >= 0.6 is 11.3 Å². The second kappa shape index (κ2) is 5.46. The van der Waals surface area contributed by atoms with Gasteiger partial charge in [-0.05, 0) is 12.1 Å². The van der Waals surface area contributed by atoms with E-state index >= 15 is 0 Å². The Hall–Kier alpha value is -1.92. The first kappa shape index (κ1) is 14.0. The van der Waals surface area contributed by atoms with Gasteiger partial charge in [-0.25, -0.2) is 18.2 Å². The highest BCUT2D eigenvalue weighted by Gasteiger charge is 2.21. The fourth-order valence-corrected chi connectivity index (χ4v) is 3.15. The van der Waals surface area contributed by atoms with Gasteiger partial charge in [-0.3, -0.25) is 0 Å². The minimum absolute atomic E-state index is 0.0289. The maximum absolute atomic E-state index is 13.6. The molecular weight excluding hydrogens is 299 g/mol. The zero-order chi connectivity index (χ0) is 15.0. The monoisotopic (exact) mass is 309 g/mol. The third-order valence-corrected chi connectivity index (χ3v) is 4.14. The van der Waals surface area contributed by atoms with Gasteiger partial charge in [0.2, 0.25) is 0 Å². The van der Waals surface area contributed by atoms with E-state index in [0.717, 1.165) is 10.2 Å². The summed E-state index contributed by atoms with van der Waals surface area (Å²) in [6, 6.07) is 8.50. The van der Waals surface area contributed by atoms with Crippen molar-refractivity contribution < 1.29 is 18.3 Å². The minimum Gasteiger partial charge on any atom is -0.388 e. The van der Waals surface area contributed by atoms with E-state index in [1.807, 2.05) is 24.3 Å². The average Bonchev–Trinajstić information content (AvgIpc) is 2.79. The normalized spacial score (nSPS) is 12.8. The quantitative estimate of drug-likeness (QED) is 0.793. The maximum atomic E-state index is 13.6. The van der Waals surface area contributed by atoms with Gasteiger partial charge in [-0.1, -0.05) is 12.1 Å². The lowest BCUT2D eigenvalue weighted by atomic mass is 10.1. The summed E-state index contributed by atoms with van der Waals surface area (Å²) in [6.07, 6.45) is -1.44. The standard InChI is InChI=1S/C15H10F3NOS/c16-8-5-9(17)15(10(18)6-8)12(20)7-14-19-11-3-1-2-4-13(11)21-14/h1-6,12,20H,7H2. The lowest BCUT2D eigenvalue weighted by molar-refractivity contribution is 0.168. The molecule has 0 spiro atoms. The summed E-state index contributed by atoms with van der Waals surface area (Å²) in [7, 11) is 0. The number of aliphatic hydroxyl groups is 1. The first-order valence-electron chi connectivity index (χ1n) is 6.21. The van der Waals surface area contributed by atoms with Gasteiger partial charge in [0, 0.05) is 18.6 Å². The number of thiazole rings is 1. The van der Waals surface area contributed by atoms with Gasteiger partial charge in [0.05, 0.1) is 26.9 Å². The topological polar surface area (TPSA) is 33.1 Å². The Morgan fingerprint density at radius 1 is 1.10 bits per heavy atom. The highest BCUT2D eigenvalue weighted by atomic mass is 32.1. The molecule has 0 bridgehead atoms. The van der Waals surface area contributed by atoms with Crippen LogP contribution < -0.4 is 0 Å². The predicted molar refractivity (Wildman–Crippen MR) is 74.6 cm³/mol. The van der Waals surface area contributed by atoms with Crippen molar-refractivity contribution in [2.24, 2.45) is 0 Å². The number of para-hydroxylation sites is 1. The number of aliphatic hydroxyl groups excluding tert-OH is 1. The van der Waals surface area contributed by atoms with Crippen LogP contribution in [-0.2, 0) is 6.42 Å². The lowest BCUT2D eigenvalue weighted by Gasteiger charge is -2.11. The fraction of sp³-hybridized carbons (Fsp3) is 0.133. The summed E-state index contributed by atoms with van der Waals surface area (Å²) in [5.74, 6) is -3.21. The van der Waals surface area contributed by atoms with Crippen molar-refractivity contribution in [2.75, 3.05) is 0 Å². The highest BCUT2D eigenvalue weighted by Crippen LogP contribution is 2.28. The summed E-state index contributed by atoms with van der Waals surface area (Å²) in [6.45, 7) is 0. The molecule has 3 rings (SSSR count). The van der Waals surface area contributed by atoms with E-state index in [4.69, 9.17) is 0 Å². The number of hydrogen-bond donors (Lipinski definition) is 1. The van der Waals surface area contributed by atoms with Crippen LogP contribution in [0.2, 0.25) is 0 Å². The second-order valence-electron chi connectivity index (χ2n) is 4.58. The lowest BCUT2D eigenvalue weighted by Crippen LogP contribution is -2.07. The Morgan fingerprint density at radius 3 is 2.43 bits per heavy atom. The van der Waals surface area contributed by atoms with Crippen molar-refractivity contribution in [3.05, 3.63) is 64.4 Å². The number of halogens is 3. The average molecular weight is 309 g/mol. The van der Waals surface area contributed by atoms with Crippen LogP contribution in [0.5, 0.6) is 0 Å². The van der Waals surface area contributed by atoms with Crippen LogP contribution in [0.25, 0.3) is 10.2 Å². The molecule has 1 N–H and O–H groups in total. The molecule has 0 saturated heterocycles. The van der Waals surface area contributed by atoms with Crippen LogP contribution in [0.4, 0.5) is 13.2 Å². The van der Waals surface area contributed by atoms with Gasteiger partial charge in [0.25, 0.3) is 0 Å². The number of fused-ring (bicyclic) bond motifs is 1. The Morgan fingerprint density at radius 2 is 1.76 bits per heavy atom. The molecule has 1 unspecified atom stereocenters. The van der Waals surface area contributed by atoms with E-state index in [1.165, 1.54) is 11.3 Å². The van der Waals surface area contributed by atoms with Crippen LogP contribution in [-0.4, -0.2) is 10.1 Å². The van der Waals surface area contributed by atoms with E-state index in [0.29, 0.717) is 17.1 Å². The summed E-state index contributed by atoms with van der Waals surface area (Å²) in [4.78, 5) is 4.29. The molecule has 0 aliphatic rings. The van der Waals surface area contributed by atoms with Crippen LogP contribution in [0, 0.1) is 17.5 Å². The van der Waals surface area contributed by atoms with Crippen molar-refractivity contribution in [3.8, 4) is 0 Å². The van der Waals surface area contributed by atoms with Gasteiger partial charge in [-0.15, -0.1) is 11.3 Å². The summed E-state index contributed by atoms with van der Waals surface area (Å²) in [5, 5.41) is 10.6. The van der Waals surface area contributed by atoms with Crippen molar-refractivity contribution >= 4 is 21.6 Å². The van der Waals surface area contributed by atoms with Crippen molar-refractivity contribution in [3.63, 3.8) is 0 Å². The third kappa shape index (κ3) is 2.77. The second-order valence-corrected chi connectivity index (χ2v) is 5.69. The first-order chi connectivity index (χ1) is 10.0. The molecule has 0 aliphatic heterocycles. The van der Waals surface area contributed by atoms with E-state index in [-0.39, 0.29) is 6.42 Å². The zero-order valence-corrected chi connectivity index (χ0v) is 11.5. The van der Waals surface area contributed by atoms with Crippen LogP contribution in [0.1, 0.15) is 16.7 Å². The predicted octanol–water partition coefficient (Wildman–Crippen LogP) is 3.99. The molecule has 1 aromatic heterocycles. The van der Waals surface area contributed by atoms with Gasteiger partial charge in [-0.2, -0.15) is 0 Å². The fourth-order valence-electron chi connectivity index (χ4n) is 2.15. The summed E-state index contributed by atoms with van der Waals surface area (Å²) < 4.78 is 41.0. The number of aromatic nitrogens is 1. The molecule has 2 aromatic carbocycles. The minimum atomic E-state index is -1.41. The van der Waals surface area contributed by atoms with Crippen LogP contribution in [0.15, 0.2) is 36.4 Å². The molecule has 0 saturated carbocycles. The summed E-state index contributed by atoms with van der Waals surface area (Å²) >= 11 is 1.35. The molecule has 3 aromatic rings. The summed E-state index contributed by atoms with van der Waals surface area (Å²) in [5.41, 5.74) is 0.236. The zero-order valence-electron chi connectivity index (χ0n) is 10.7. The highest BCUT2D eigenvalue weighted by molar-refractivity contribution is 7.18. The van der Waals surface area contributed by atoms with E-state index in [9.17, 15) is 18.3 Å². The number of hydrogen-bond acceptors (Lipinski definition) is 3. The number of rotatable bonds is 3. The van der Waals surface area contributed by atoms with Gasteiger partial charge in [0.1, 0.15) is 17.5 Å². The van der Waals surface area contributed by atoms with E-state index in [1.54, 1.807) is 0 Å². The van der Waals surface area contributed by atoms with Gasteiger partial charge < -0.3 is 5.11 Å². The molecule has 6 heteroatoms. The Kier molecular flexibility index (Phi) is 3.65. The van der Waals surface area contributed by atoms with E-state index < -0.39 is 29.1 Å². The third-order valence-electron chi connectivity index (χ3n) is 3.08. The number of benzene rings is 2. The molecule has 1 atom stereocenters. The molecule has 21 heavy (non-hydrogen) atoms. The molecule has 1 heterocycles. The number of nitrogens with zero attached hydrogens (tertiary/aromatic N) is 1. The van der Waals surface area contributed by atoms with Crippen molar-refractivity contribution in [2.45, 2.75) is 12.5 Å². The Bertz CT molecular complexity index is 746. The maximum Gasteiger partial charge on any atom is 0.134 e. The van der Waals surface area contributed by atoms with Crippen molar-refractivity contribution in [1.29, 1.82) is 0 Å². The molecule has 0 aliphatic carbocycles.